The number of furan rings is 1. The van der Waals surface area contributed by atoms with Crippen LogP contribution in [0.3, 0.4) is 0 Å². The van der Waals surface area contributed by atoms with E-state index in [4.69, 9.17) is 4.42 Å². The van der Waals surface area contributed by atoms with Gasteiger partial charge in [0, 0.05) is 27.6 Å². The molecule has 1 aliphatic rings. The molecule has 7 aromatic carbocycles. The smallest absolute Gasteiger partial charge is 0.159 e. The van der Waals surface area contributed by atoms with E-state index in [1.54, 1.807) is 0 Å². The summed E-state index contributed by atoms with van der Waals surface area (Å²) in [5.74, 6) is 0. The van der Waals surface area contributed by atoms with E-state index >= 15 is 0 Å². The van der Waals surface area contributed by atoms with Gasteiger partial charge in [-0.2, -0.15) is 0 Å². The second-order valence-electron chi connectivity index (χ2n) is 12.2. The zero-order valence-corrected chi connectivity index (χ0v) is 24.1. The van der Waals surface area contributed by atoms with Crippen molar-refractivity contribution in [2.24, 2.45) is 0 Å². The first-order valence-electron chi connectivity index (χ1n) is 14.9. The molecule has 9 rings (SSSR count). The number of para-hydroxylation sites is 3. The zero-order chi connectivity index (χ0) is 28.7. The van der Waals surface area contributed by atoms with Crippen LogP contribution in [-0.4, -0.2) is 0 Å². The van der Waals surface area contributed by atoms with Crippen LogP contribution in [0.5, 0.6) is 0 Å². The SMILES string of the molecule is CC1(C)c2cc3cc(N(c4ccccc4)c4cccc5c4oc4ccccc45)ccc3cc2-c2c1ccc1ccccc21. The van der Waals surface area contributed by atoms with Crippen LogP contribution in [0, 0.1) is 0 Å². The minimum atomic E-state index is -0.0854. The highest BCUT2D eigenvalue weighted by molar-refractivity contribution is 6.11. The first-order chi connectivity index (χ1) is 21.1. The van der Waals surface area contributed by atoms with Gasteiger partial charge in [-0.1, -0.05) is 105 Å². The molecule has 0 amide bonds. The molecular weight excluding hydrogens is 522 g/mol. The molecule has 0 N–H and O–H groups in total. The summed E-state index contributed by atoms with van der Waals surface area (Å²) in [6, 6.07) is 50.4. The van der Waals surface area contributed by atoms with E-state index in [0.717, 1.165) is 39.0 Å². The van der Waals surface area contributed by atoms with Gasteiger partial charge in [0.2, 0.25) is 0 Å². The molecule has 0 bridgehead atoms. The van der Waals surface area contributed by atoms with E-state index in [-0.39, 0.29) is 5.41 Å². The highest BCUT2D eigenvalue weighted by atomic mass is 16.3. The van der Waals surface area contributed by atoms with Crippen LogP contribution < -0.4 is 4.90 Å². The Kier molecular flexibility index (Phi) is 4.99. The Morgan fingerprint density at radius 3 is 2.14 bits per heavy atom. The van der Waals surface area contributed by atoms with Crippen molar-refractivity contribution in [3.8, 4) is 11.1 Å². The summed E-state index contributed by atoms with van der Waals surface area (Å²) < 4.78 is 6.51. The summed E-state index contributed by atoms with van der Waals surface area (Å²) >= 11 is 0. The second kappa shape index (κ2) is 8.83. The second-order valence-corrected chi connectivity index (χ2v) is 12.2. The van der Waals surface area contributed by atoms with Crippen LogP contribution in [0.25, 0.3) is 54.6 Å². The summed E-state index contributed by atoms with van der Waals surface area (Å²) in [6.45, 7) is 4.72. The Labute approximate surface area is 250 Å². The third-order valence-electron chi connectivity index (χ3n) is 9.40. The number of rotatable bonds is 3. The number of benzene rings is 7. The molecule has 2 nitrogen and oxygen atoms in total. The maximum absolute atomic E-state index is 6.51. The van der Waals surface area contributed by atoms with Crippen molar-refractivity contribution >= 4 is 60.5 Å². The maximum atomic E-state index is 6.51. The van der Waals surface area contributed by atoms with Gasteiger partial charge in [-0.25, -0.2) is 0 Å². The lowest BCUT2D eigenvalue weighted by Crippen LogP contribution is -2.15. The molecule has 0 saturated carbocycles. The largest absolute Gasteiger partial charge is 0.454 e. The minimum Gasteiger partial charge on any atom is -0.454 e. The van der Waals surface area contributed by atoms with Gasteiger partial charge in [-0.05, 0) is 92.3 Å². The summed E-state index contributed by atoms with van der Waals surface area (Å²) in [5, 5.41) is 7.36. The van der Waals surface area contributed by atoms with E-state index in [1.807, 2.05) is 12.1 Å². The molecule has 204 valence electrons. The maximum Gasteiger partial charge on any atom is 0.159 e. The summed E-state index contributed by atoms with van der Waals surface area (Å²) in [4.78, 5) is 2.32. The number of nitrogens with zero attached hydrogens (tertiary/aromatic N) is 1. The quantitative estimate of drug-likeness (QED) is 0.217. The molecule has 0 spiro atoms. The van der Waals surface area contributed by atoms with Crippen molar-refractivity contribution in [2.75, 3.05) is 4.90 Å². The number of fused-ring (bicyclic) bond motifs is 9. The van der Waals surface area contributed by atoms with E-state index < -0.39 is 0 Å². The van der Waals surface area contributed by atoms with Crippen LogP contribution in [0.4, 0.5) is 17.1 Å². The Bertz CT molecular complexity index is 2380. The standard InChI is InChI=1S/C41H29NO/c1-41(2)35-22-20-26-11-6-7-14-31(26)39(35)34-24-27-19-21-30(23-28(27)25-36(34)41)42(29-12-4-3-5-13-29)37-17-10-16-33-32-15-8-9-18-38(32)43-40(33)37/h3-25H,1-2H3. The lowest BCUT2D eigenvalue weighted by Gasteiger charge is -2.26. The topological polar surface area (TPSA) is 16.4 Å². The van der Waals surface area contributed by atoms with E-state index in [1.165, 1.54) is 43.8 Å². The monoisotopic (exact) mass is 551 g/mol. The first kappa shape index (κ1) is 24.3. The lowest BCUT2D eigenvalue weighted by molar-refractivity contribution is 0.661. The van der Waals surface area contributed by atoms with Crippen LogP contribution in [0.2, 0.25) is 0 Å². The molecular formula is C41H29NO. The van der Waals surface area contributed by atoms with Crippen molar-refractivity contribution < 1.29 is 4.42 Å². The van der Waals surface area contributed by atoms with Gasteiger partial charge in [-0.3, -0.25) is 0 Å². The normalized spacial score (nSPS) is 13.5. The number of hydrogen-bond donors (Lipinski definition) is 0. The zero-order valence-electron chi connectivity index (χ0n) is 24.1. The van der Waals surface area contributed by atoms with Crippen LogP contribution in [0.15, 0.2) is 144 Å². The van der Waals surface area contributed by atoms with Crippen molar-refractivity contribution in [3.05, 3.63) is 151 Å². The van der Waals surface area contributed by atoms with Crippen molar-refractivity contribution in [1.29, 1.82) is 0 Å². The van der Waals surface area contributed by atoms with Crippen LogP contribution in [0.1, 0.15) is 25.0 Å². The Morgan fingerprint density at radius 1 is 0.512 bits per heavy atom. The van der Waals surface area contributed by atoms with Gasteiger partial charge in [0.05, 0.1) is 5.69 Å². The third kappa shape index (κ3) is 3.47. The van der Waals surface area contributed by atoms with Crippen molar-refractivity contribution in [3.63, 3.8) is 0 Å². The molecule has 2 heteroatoms. The summed E-state index contributed by atoms with van der Waals surface area (Å²) in [7, 11) is 0. The van der Waals surface area contributed by atoms with Gasteiger partial charge in [-0.15, -0.1) is 0 Å². The van der Waals surface area contributed by atoms with Crippen molar-refractivity contribution in [1.82, 2.24) is 0 Å². The molecule has 0 fully saturated rings. The van der Waals surface area contributed by atoms with E-state index in [0.29, 0.717) is 0 Å². The van der Waals surface area contributed by atoms with Gasteiger partial charge in [0.15, 0.2) is 5.58 Å². The van der Waals surface area contributed by atoms with Gasteiger partial charge in [0.25, 0.3) is 0 Å². The fourth-order valence-corrected chi connectivity index (χ4v) is 7.29. The van der Waals surface area contributed by atoms with Gasteiger partial charge >= 0.3 is 0 Å². The average molecular weight is 552 g/mol. The molecule has 43 heavy (non-hydrogen) atoms. The lowest BCUT2D eigenvalue weighted by atomic mass is 9.81. The molecule has 8 aromatic rings. The first-order valence-corrected chi connectivity index (χ1v) is 14.9. The van der Waals surface area contributed by atoms with Crippen molar-refractivity contribution in [2.45, 2.75) is 19.3 Å². The molecule has 0 aliphatic heterocycles. The van der Waals surface area contributed by atoms with E-state index in [2.05, 4.69) is 146 Å². The van der Waals surface area contributed by atoms with Gasteiger partial charge in [0.1, 0.15) is 5.58 Å². The highest BCUT2D eigenvalue weighted by Gasteiger charge is 2.36. The summed E-state index contributed by atoms with van der Waals surface area (Å²) in [5.41, 5.74) is 10.5. The predicted molar refractivity (Wildman–Crippen MR) is 181 cm³/mol. The molecule has 0 radical (unpaired) electrons. The molecule has 1 aromatic heterocycles. The minimum absolute atomic E-state index is 0.0854. The predicted octanol–water partition coefficient (Wildman–Crippen LogP) is 11.7. The molecule has 0 atom stereocenters. The Hall–Kier alpha value is -5.34. The Morgan fingerprint density at radius 2 is 1.26 bits per heavy atom. The van der Waals surface area contributed by atoms with Crippen LogP contribution in [-0.2, 0) is 5.41 Å². The fraction of sp³-hybridized carbons (Fsp3) is 0.0732. The average Bonchev–Trinajstić information content (AvgIpc) is 3.53. The molecule has 1 aliphatic carbocycles. The highest BCUT2D eigenvalue weighted by Crippen LogP contribution is 2.52. The Balaban J connectivity index is 1.27. The molecule has 0 unspecified atom stereocenters. The van der Waals surface area contributed by atoms with Gasteiger partial charge < -0.3 is 9.32 Å². The number of anilines is 3. The molecule has 0 saturated heterocycles. The van der Waals surface area contributed by atoms with E-state index in [9.17, 15) is 0 Å². The van der Waals surface area contributed by atoms with Crippen LogP contribution >= 0.6 is 0 Å². The summed E-state index contributed by atoms with van der Waals surface area (Å²) in [6.07, 6.45) is 0. The fourth-order valence-electron chi connectivity index (χ4n) is 7.29. The molecule has 1 heterocycles. The number of hydrogen-bond acceptors (Lipinski definition) is 2. The third-order valence-corrected chi connectivity index (χ3v) is 9.40.